The lowest BCUT2D eigenvalue weighted by atomic mass is 10.2. The monoisotopic (exact) mass is 448 g/mol. The molecule has 2 aromatic carbocycles. The van der Waals surface area contributed by atoms with E-state index in [1.165, 1.54) is 11.3 Å². The molecule has 0 saturated heterocycles. The third-order valence-corrected chi connectivity index (χ3v) is 7.91. The van der Waals surface area contributed by atoms with Crippen molar-refractivity contribution in [3.05, 3.63) is 58.4 Å². The number of thiazole rings is 1. The molecule has 1 amide bonds. The molecule has 29 heavy (non-hydrogen) atoms. The zero-order chi connectivity index (χ0) is 21.0. The van der Waals surface area contributed by atoms with Crippen molar-refractivity contribution in [1.29, 1.82) is 0 Å². The summed E-state index contributed by atoms with van der Waals surface area (Å²) < 4.78 is 28.1. The average molecular weight is 449 g/mol. The number of carbonyl (C=O) groups excluding carboxylic acids is 1. The van der Waals surface area contributed by atoms with Gasteiger partial charge >= 0.3 is 0 Å². The topological polar surface area (TPSA) is 68.5 Å². The summed E-state index contributed by atoms with van der Waals surface area (Å²) in [4.78, 5) is 17.6. The van der Waals surface area contributed by atoms with Crippen LogP contribution in [0.4, 0.5) is 0 Å². The second-order valence-electron chi connectivity index (χ2n) is 6.89. The molecule has 0 N–H and O–H groups in total. The number of aromatic nitrogens is 1. The normalized spacial score (nSPS) is 12.6. The molecule has 0 radical (unpaired) electrons. The molecule has 3 aromatic rings. The fraction of sp³-hybridized carbons (Fsp3) is 0.333. The first kappa shape index (κ1) is 21.8. The van der Waals surface area contributed by atoms with Crippen molar-refractivity contribution in [3.8, 4) is 0 Å². The van der Waals surface area contributed by atoms with E-state index in [4.69, 9.17) is 0 Å². The van der Waals surface area contributed by atoms with Gasteiger partial charge in [-0.1, -0.05) is 35.1 Å². The summed E-state index contributed by atoms with van der Waals surface area (Å²) in [6.45, 7) is 4.68. The van der Waals surface area contributed by atoms with Gasteiger partial charge in [0.25, 0.3) is 0 Å². The minimum Gasteiger partial charge on any atom is -0.316 e. The van der Waals surface area contributed by atoms with Gasteiger partial charge in [-0.2, -0.15) is 16.8 Å². The van der Waals surface area contributed by atoms with Crippen molar-refractivity contribution < 1.29 is 13.2 Å². The van der Waals surface area contributed by atoms with Crippen LogP contribution in [0.25, 0.3) is 10.2 Å². The third kappa shape index (κ3) is 5.38. The number of aryl methyl sites for hydroxylation is 3. The zero-order valence-electron chi connectivity index (χ0n) is 16.7. The molecule has 0 bridgehead atoms. The summed E-state index contributed by atoms with van der Waals surface area (Å²) in [5.41, 5.74) is 3.19. The van der Waals surface area contributed by atoms with Gasteiger partial charge in [0.2, 0.25) is 5.91 Å². The molecule has 1 aromatic heterocycles. The highest BCUT2D eigenvalue weighted by Crippen LogP contribution is 2.19. The predicted octanol–water partition coefficient (Wildman–Crippen LogP) is 3.97. The Morgan fingerprint density at radius 2 is 1.79 bits per heavy atom. The third-order valence-electron chi connectivity index (χ3n) is 4.54. The van der Waals surface area contributed by atoms with E-state index in [1.54, 1.807) is 36.0 Å². The molecule has 0 spiro atoms. The van der Waals surface area contributed by atoms with Crippen molar-refractivity contribution >= 4 is 49.1 Å². The van der Waals surface area contributed by atoms with Crippen LogP contribution in [0.15, 0.2) is 52.4 Å². The highest BCUT2D eigenvalue weighted by molar-refractivity contribution is 7.98. The highest BCUT2D eigenvalue weighted by atomic mass is 32.2. The number of hydrogen-bond acceptors (Lipinski definition) is 5. The first-order valence-corrected chi connectivity index (χ1v) is 13.1. The van der Waals surface area contributed by atoms with E-state index in [9.17, 15) is 13.2 Å². The largest absolute Gasteiger partial charge is 0.316 e. The van der Waals surface area contributed by atoms with E-state index >= 15 is 0 Å². The second-order valence-corrected chi connectivity index (χ2v) is 11.0. The molecule has 1 heterocycles. The number of carbonyl (C=O) groups is 1. The number of nitrogens with zero attached hydrogens (tertiary/aromatic N) is 2. The molecule has 0 aliphatic carbocycles. The molecule has 0 atom stereocenters. The van der Waals surface area contributed by atoms with Gasteiger partial charge in [0.1, 0.15) is 0 Å². The smallest absolute Gasteiger partial charge is 0.249 e. The Morgan fingerprint density at radius 3 is 2.48 bits per heavy atom. The molecule has 0 fully saturated rings. The summed E-state index contributed by atoms with van der Waals surface area (Å²) in [6, 6.07) is 12.9. The molecule has 5 nitrogen and oxygen atoms in total. The summed E-state index contributed by atoms with van der Waals surface area (Å²) in [5.74, 6) is 0.248. The van der Waals surface area contributed by atoms with Crippen LogP contribution < -0.4 is 4.80 Å². The number of sulfone groups is 1. The number of hydrogen-bond donors (Lipinski definition) is 0. The van der Waals surface area contributed by atoms with Crippen molar-refractivity contribution in [3.63, 3.8) is 0 Å². The van der Waals surface area contributed by atoms with Gasteiger partial charge in [-0.25, -0.2) is 8.42 Å². The Hall–Kier alpha value is -1.90. The number of fused-ring (bicyclic) bond motifs is 1. The minimum atomic E-state index is -3.51. The van der Waals surface area contributed by atoms with Crippen LogP contribution in [-0.4, -0.2) is 36.7 Å². The molecule has 154 valence electrons. The molecule has 0 unspecified atom stereocenters. The van der Waals surface area contributed by atoms with Gasteiger partial charge in [0, 0.05) is 18.7 Å². The van der Waals surface area contributed by atoms with E-state index in [-0.39, 0.29) is 17.1 Å². The minimum absolute atomic E-state index is 0.133. The average Bonchev–Trinajstić information content (AvgIpc) is 3.01. The first-order valence-electron chi connectivity index (χ1n) is 9.26. The number of thioether (sulfide) groups is 1. The van der Waals surface area contributed by atoms with Gasteiger partial charge in [-0.15, -0.1) is 0 Å². The van der Waals surface area contributed by atoms with Gasteiger partial charge in [-0.3, -0.25) is 4.79 Å². The van der Waals surface area contributed by atoms with Crippen molar-refractivity contribution in [2.45, 2.75) is 31.7 Å². The molecular formula is C21H24N2O3S3. The van der Waals surface area contributed by atoms with Gasteiger partial charge < -0.3 is 4.57 Å². The molecule has 3 rings (SSSR count). The first-order chi connectivity index (χ1) is 13.8. The maximum Gasteiger partial charge on any atom is 0.249 e. The van der Waals surface area contributed by atoms with Gasteiger partial charge in [0.05, 0.1) is 20.9 Å². The van der Waals surface area contributed by atoms with Crippen LogP contribution in [0.1, 0.15) is 17.5 Å². The van der Waals surface area contributed by atoms with E-state index in [0.717, 1.165) is 33.6 Å². The zero-order valence-corrected chi connectivity index (χ0v) is 19.2. The van der Waals surface area contributed by atoms with Crippen LogP contribution in [0.2, 0.25) is 0 Å². The maximum atomic E-state index is 12.5. The Morgan fingerprint density at radius 1 is 1.10 bits per heavy atom. The van der Waals surface area contributed by atoms with Gasteiger partial charge in [0.15, 0.2) is 14.6 Å². The Balaban J connectivity index is 1.84. The van der Waals surface area contributed by atoms with E-state index in [2.05, 4.69) is 11.1 Å². The molecule has 8 heteroatoms. The summed E-state index contributed by atoms with van der Waals surface area (Å²) in [5, 5.41) is 0. The standard InChI is InChI=1S/C21H24N2O3S3/c1-15-4-7-17(8-5-15)29(25,26)13-10-20(24)22-21-23(11-12-27-3)18-9-6-16(2)14-19(18)28-21/h4-9,14H,10-13H2,1-3H3. The quantitative estimate of drug-likeness (QED) is 0.548. The molecule has 0 aliphatic heterocycles. The van der Waals surface area contributed by atoms with Crippen LogP contribution in [-0.2, 0) is 21.2 Å². The summed E-state index contributed by atoms with van der Waals surface area (Å²) in [7, 11) is -3.51. The lowest BCUT2D eigenvalue weighted by Gasteiger charge is -2.04. The molecular weight excluding hydrogens is 424 g/mol. The van der Waals surface area contributed by atoms with Crippen LogP contribution in [0.3, 0.4) is 0 Å². The van der Waals surface area contributed by atoms with E-state index < -0.39 is 15.7 Å². The Labute approximate surface area is 179 Å². The number of amides is 1. The summed E-state index contributed by atoms with van der Waals surface area (Å²) >= 11 is 3.19. The molecule has 0 saturated carbocycles. The maximum absolute atomic E-state index is 12.5. The Bertz CT molecular complexity index is 1190. The van der Waals surface area contributed by atoms with Crippen LogP contribution in [0.5, 0.6) is 0 Å². The van der Waals surface area contributed by atoms with Gasteiger partial charge in [-0.05, 0) is 49.9 Å². The van der Waals surface area contributed by atoms with E-state index in [0.29, 0.717) is 4.80 Å². The van der Waals surface area contributed by atoms with Crippen molar-refractivity contribution in [2.24, 2.45) is 4.99 Å². The fourth-order valence-corrected chi connectivity index (χ4v) is 5.68. The lowest BCUT2D eigenvalue weighted by Crippen LogP contribution is -2.19. The highest BCUT2D eigenvalue weighted by Gasteiger charge is 2.16. The van der Waals surface area contributed by atoms with E-state index in [1.807, 2.05) is 36.8 Å². The number of benzene rings is 2. The predicted molar refractivity (Wildman–Crippen MR) is 121 cm³/mol. The second kappa shape index (κ2) is 9.28. The van der Waals surface area contributed by atoms with Crippen LogP contribution >= 0.6 is 23.1 Å². The van der Waals surface area contributed by atoms with Crippen molar-refractivity contribution in [1.82, 2.24) is 4.57 Å². The number of rotatable bonds is 7. The Kier molecular flexibility index (Phi) is 6.97. The summed E-state index contributed by atoms with van der Waals surface area (Å²) in [6.07, 6.45) is 1.91. The lowest BCUT2D eigenvalue weighted by molar-refractivity contribution is -0.117. The fourth-order valence-electron chi connectivity index (χ4n) is 2.91. The van der Waals surface area contributed by atoms with Crippen LogP contribution in [0, 0.1) is 13.8 Å². The van der Waals surface area contributed by atoms with Crippen molar-refractivity contribution in [2.75, 3.05) is 17.8 Å². The molecule has 0 aliphatic rings. The SMILES string of the molecule is CSCCn1c(=NC(=O)CCS(=O)(=O)c2ccc(C)cc2)sc2cc(C)ccc21.